The highest BCUT2D eigenvalue weighted by Crippen LogP contribution is 2.31. The Bertz CT molecular complexity index is 322. The number of hydrogen-bond acceptors (Lipinski definition) is 1. The molecule has 0 fully saturated rings. The number of allylic oxidation sites excluding steroid dienone is 2. The molecule has 0 aromatic carbocycles. The molecule has 1 heteroatoms. The first-order chi connectivity index (χ1) is 7.08. The van der Waals surface area contributed by atoms with Crippen molar-refractivity contribution in [2.75, 3.05) is 0 Å². The zero-order valence-corrected chi connectivity index (χ0v) is 10.2. The first kappa shape index (κ1) is 12.0. The molecule has 0 saturated carbocycles. The van der Waals surface area contributed by atoms with Crippen molar-refractivity contribution in [3.05, 3.63) is 41.7 Å². The molecule has 15 heavy (non-hydrogen) atoms. The van der Waals surface area contributed by atoms with Crippen molar-refractivity contribution in [1.29, 1.82) is 0 Å². The molecule has 82 valence electrons. The molecule has 1 aromatic heterocycles. The van der Waals surface area contributed by atoms with Crippen molar-refractivity contribution in [1.82, 2.24) is 4.98 Å². The summed E-state index contributed by atoms with van der Waals surface area (Å²) in [5.41, 5.74) is 3.03. The lowest BCUT2D eigenvalue weighted by atomic mass is 9.77. The van der Waals surface area contributed by atoms with Gasteiger partial charge in [-0.1, -0.05) is 25.5 Å². The lowest BCUT2D eigenvalue weighted by Gasteiger charge is -2.27. The van der Waals surface area contributed by atoms with Crippen LogP contribution in [0.4, 0.5) is 0 Å². The van der Waals surface area contributed by atoms with Gasteiger partial charge in [0.05, 0.1) is 0 Å². The lowest BCUT2D eigenvalue weighted by Crippen LogP contribution is -2.19. The van der Waals surface area contributed by atoms with Gasteiger partial charge in [-0.15, -0.1) is 0 Å². The smallest absolute Gasteiger partial charge is 0.0270 e. The quantitative estimate of drug-likeness (QED) is 0.671. The van der Waals surface area contributed by atoms with Gasteiger partial charge in [0.1, 0.15) is 0 Å². The first-order valence-electron chi connectivity index (χ1n) is 5.62. The molecule has 0 saturated heterocycles. The van der Waals surface area contributed by atoms with E-state index >= 15 is 0 Å². The number of aromatic nitrogens is 1. The van der Waals surface area contributed by atoms with Crippen molar-refractivity contribution < 1.29 is 0 Å². The molecule has 0 aliphatic rings. The minimum atomic E-state index is 0.250. The number of pyridine rings is 1. The van der Waals surface area contributed by atoms with Crippen LogP contribution in [0.15, 0.2) is 36.2 Å². The van der Waals surface area contributed by atoms with E-state index in [-0.39, 0.29) is 5.41 Å². The van der Waals surface area contributed by atoms with Gasteiger partial charge in [0.15, 0.2) is 0 Å². The Labute approximate surface area is 93.2 Å². The van der Waals surface area contributed by atoms with Crippen LogP contribution < -0.4 is 0 Å². The van der Waals surface area contributed by atoms with E-state index in [9.17, 15) is 0 Å². The molecule has 0 aliphatic carbocycles. The molecule has 0 bridgehead atoms. The Morgan fingerprint density at radius 3 is 2.40 bits per heavy atom. The van der Waals surface area contributed by atoms with Crippen LogP contribution in [-0.4, -0.2) is 4.98 Å². The fraction of sp³-hybridized carbons (Fsp3) is 0.500. The Morgan fingerprint density at radius 2 is 1.93 bits per heavy atom. The average molecular weight is 203 g/mol. The standard InChI is InChI=1S/C14H21N/c1-5-14(4,9-6-12(2)3)13-7-10-15-11-8-13/h6-8,10-11H,5,9H2,1-4H3/t14-/m1/s1. The van der Waals surface area contributed by atoms with E-state index in [1.807, 2.05) is 12.4 Å². The van der Waals surface area contributed by atoms with Gasteiger partial charge in [0, 0.05) is 12.4 Å². The number of hydrogen-bond donors (Lipinski definition) is 0. The van der Waals surface area contributed by atoms with Crippen molar-refractivity contribution in [2.24, 2.45) is 0 Å². The second-order valence-electron chi connectivity index (χ2n) is 4.64. The molecule has 1 atom stereocenters. The fourth-order valence-electron chi connectivity index (χ4n) is 1.65. The number of nitrogens with zero attached hydrogens (tertiary/aromatic N) is 1. The molecular weight excluding hydrogens is 182 g/mol. The van der Waals surface area contributed by atoms with E-state index in [4.69, 9.17) is 0 Å². The topological polar surface area (TPSA) is 12.9 Å². The van der Waals surface area contributed by atoms with Crippen LogP contribution in [0.1, 0.15) is 46.1 Å². The minimum absolute atomic E-state index is 0.250. The van der Waals surface area contributed by atoms with Crippen LogP contribution in [0.3, 0.4) is 0 Å². The largest absolute Gasteiger partial charge is 0.265 e. The monoisotopic (exact) mass is 203 g/mol. The third-order valence-electron chi connectivity index (χ3n) is 3.12. The Hall–Kier alpha value is -1.11. The van der Waals surface area contributed by atoms with E-state index < -0.39 is 0 Å². The maximum absolute atomic E-state index is 4.07. The summed E-state index contributed by atoms with van der Waals surface area (Å²) in [6.45, 7) is 8.88. The van der Waals surface area contributed by atoms with Crippen LogP contribution in [-0.2, 0) is 5.41 Å². The SMILES string of the molecule is CC[C@](C)(CC=C(C)C)c1ccncc1. The van der Waals surface area contributed by atoms with Crippen molar-refractivity contribution in [2.45, 2.75) is 46.0 Å². The maximum atomic E-state index is 4.07. The van der Waals surface area contributed by atoms with Gasteiger partial charge >= 0.3 is 0 Å². The first-order valence-corrected chi connectivity index (χ1v) is 5.62. The summed E-state index contributed by atoms with van der Waals surface area (Å²) >= 11 is 0. The lowest BCUT2D eigenvalue weighted by molar-refractivity contribution is 0.459. The zero-order valence-electron chi connectivity index (χ0n) is 10.2. The van der Waals surface area contributed by atoms with Gasteiger partial charge in [-0.3, -0.25) is 4.98 Å². The Kier molecular flexibility index (Phi) is 4.07. The molecule has 1 aromatic rings. The highest BCUT2D eigenvalue weighted by atomic mass is 14.6. The molecule has 1 nitrogen and oxygen atoms in total. The molecule has 0 spiro atoms. The molecule has 1 rings (SSSR count). The Morgan fingerprint density at radius 1 is 1.33 bits per heavy atom. The number of rotatable bonds is 4. The van der Waals surface area contributed by atoms with Crippen LogP contribution >= 0.6 is 0 Å². The highest BCUT2D eigenvalue weighted by Gasteiger charge is 2.22. The van der Waals surface area contributed by atoms with E-state index in [1.54, 1.807) is 0 Å². The summed E-state index contributed by atoms with van der Waals surface area (Å²) < 4.78 is 0. The van der Waals surface area contributed by atoms with Gasteiger partial charge in [-0.2, -0.15) is 0 Å². The fourth-order valence-corrected chi connectivity index (χ4v) is 1.65. The summed E-state index contributed by atoms with van der Waals surface area (Å²) in [5.74, 6) is 0. The second-order valence-corrected chi connectivity index (χ2v) is 4.64. The third kappa shape index (κ3) is 3.19. The summed E-state index contributed by atoms with van der Waals surface area (Å²) in [6.07, 6.45) is 8.35. The van der Waals surface area contributed by atoms with E-state index in [0.717, 1.165) is 12.8 Å². The molecule has 0 amide bonds. The summed E-state index contributed by atoms with van der Waals surface area (Å²) in [5, 5.41) is 0. The molecule has 0 aliphatic heterocycles. The summed E-state index contributed by atoms with van der Waals surface area (Å²) in [6, 6.07) is 4.25. The van der Waals surface area contributed by atoms with Crippen LogP contribution in [0, 0.1) is 0 Å². The maximum Gasteiger partial charge on any atom is 0.0270 e. The van der Waals surface area contributed by atoms with Gasteiger partial charge in [0.2, 0.25) is 0 Å². The van der Waals surface area contributed by atoms with Gasteiger partial charge in [0.25, 0.3) is 0 Å². The van der Waals surface area contributed by atoms with Crippen LogP contribution in [0.25, 0.3) is 0 Å². The molecule has 0 unspecified atom stereocenters. The molecule has 0 radical (unpaired) electrons. The second kappa shape index (κ2) is 5.11. The van der Waals surface area contributed by atoms with Crippen LogP contribution in [0.2, 0.25) is 0 Å². The van der Waals surface area contributed by atoms with Gasteiger partial charge in [-0.05, 0) is 49.8 Å². The van der Waals surface area contributed by atoms with Crippen molar-refractivity contribution in [3.8, 4) is 0 Å². The molecule has 1 heterocycles. The zero-order chi connectivity index (χ0) is 11.3. The predicted molar refractivity (Wildman–Crippen MR) is 65.9 cm³/mol. The van der Waals surface area contributed by atoms with Crippen molar-refractivity contribution >= 4 is 0 Å². The highest BCUT2D eigenvalue weighted by molar-refractivity contribution is 5.23. The van der Waals surface area contributed by atoms with Gasteiger partial charge < -0.3 is 0 Å². The summed E-state index contributed by atoms with van der Waals surface area (Å²) in [4.78, 5) is 4.07. The van der Waals surface area contributed by atoms with E-state index in [0.29, 0.717) is 0 Å². The van der Waals surface area contributed by atoms with Gasteiger partial charge in [-0.25, -0.2) is 0 Å². The van der Waals surface area contributed by atoms with Crippen molar-refractivity contribution in [3.63, 3.8) is 0 Å². The van der Waals surface area contributed by atoms with Crippen LogP contribution in [0.5, 0.6) is 0 Å². The third-order valence-corrected chi connectivity index (χ3v) is 3.12. The minimum Gasteiger partial charge on any atom is -0.265 e. The molecule has 0 N–H and O–H groups in total. The predicted octanol–water partition coefficient (Wildman–Crippen LogP) is 4.11. The normalized spacial score (nSPS) is 14.4. The average Bonchev–Trinajstić information content (AvgIpc) is 2.27. The van der Waals surface area contributed by atoms with E-state index in [1.165, 1.54) is 11.1 Å². The molecular formula is C14H21N. The Balaban J connectivity index is 2.90. The summed E-state index contributed by atoms with van der Waals surface area (Å²) in [7, 11) is 0. The van der Waals surface area contributed by atoms with E-state index in [2.05, 4.69) is 50.9 Å².